The average molecular weight is 235 g/mol. The lowest BCUT2D eigenvalue weighted by molar-refractivity contribution is 0.0544. The van der Waals surface area contributed by atoms with Gasteiger partial charge in [0.15, 0.2) is 0 Å². The molecule has 1 N–H and O–H groups in total. The van der Waals surface area contributed by atoms with E-state index in [4.69, 9.17) is 4.74 Å². The highest BCUT2D eigenvalue weighted by molar-refractivity contribution is 4.97. The van der Waals surface area contributed by atoms with E-state index in [0.29, 0.717) is 6.04 Å². The van der Waals surface area contributed by atoms with Crippen molar-refractivity contribution >= 4 is 0 Å². The molecule has 0 radical (unpaired) electrons. The Morgan fingerprint density at radius 2 is 2.41 bits per heavy atom. The molecule has 0 aliphatic carbocycles. The van der Waals surface area contributed by atoms with E-state index in [2.05, 4.69) is 15.3 Å². The van der Waals surface area contributed by atoms with Crippen molar-refractivity contribution in [2.45, 2.75) is 44.8 Å². The SMILES string of the molecule is CC(OCCC1CCCCN1)c1cnccn1. The normalized spacial score (nSPS) is 22.3. The van der Waals surface area contributed by atoms with Gasteiger partial charge in [-0.2, -0.15) is 0 Å². The molecule has 1 aliphatic rings. The molecular formula is C13H21N3O. The summed E-state index contributed by atoms with van der Waals surface area (Å²) in [6.45, 7) is 3.97. The van der Waals surface area contributed by atoms with E-state index < -0.39 is 0 Å². The third-order valence-electron chi connectivity index (χ3n) is 3.25. The molecule has 0 bridgehead atoms. The van der Waals surface area contributed by atoms with Crippen LogP contribution >= 0.6 is 0 Å². The molecule has 17 heavy (non-hydrogen) atoms. The Morgan fingerprint density at radius 3 is 3.12 bits per heavy atom. The van der Waals surface area contributed by atoms with Crippen molar-refractivity contribution in [3.63, 3.8) is 0 Å². The van der Waals surface area contributed by atoms with E-state index in [1.165, 1.54) is 19.3 Å². The Labute approximate surface area is 103 Å². The summed E-state index contributed by atoms with van der Waals surface area (Å²) < 4.78 is 5.79. The van der Waals surface area contributed by atoms with Gasteiger partial charge in [-0.05, 0) is 32.7 Å². The molecule has 0 aromatic carbocycles. The number of hydrogen-bond donors (Lipinski definition) is 1. The highest BCUT2D eigenvalue weighted by Crippen LogP contribution is 2.15. The first-order valence-corrected chi connectivity index (χ1v) is 6.47. The Hall–Kier alpha value is -1.00. The van der Waals surface area contributed by atoms with Gasteiger partial charge in [0, 0.05) is 25.0 Å². The van der Waals surface area contributed by atoms with Gasteiger partial charge in [0.2, 0.25) is 0 Å². The lowest BCUT2D eigenvalue weighted by Gasteiger charge is -2.23. The summed E-state index contributed by atoms with van der Waals surface area (Å²) >= 11 is 0. The molecule has 94 valence electrons. The fraction of sp³-hybridized carbons (Fsp3) is 0.692. The van der Waals surface area contributed by atoms with Gasteiger partial charge in [0.25, 0.3) is 0 Å². The Kier molecular flexibility index (Phi) is 4.88. The Balaban J connectivity index is 1.67. The van der Waals surface area contributed by atoms with Gasteiger partial charge in [0.05, 0.1) is 18.0 Å². The molecule has 2 unspecified atom stereocenters. The fourth-order valence-corrected chi connectivity index (χ4v) is 2.16. The zero-order valence-electron chi connectivity index (χ0n) is 10.4. The topological polar surface area (TPSA) is 47.0 Å². The zero-order chi connectivity index (χ0) is 11.9. The molecule has 1 saturated heterocycles. The van der Waals surface area contributed by atoms with Crippen LogP contribution < -0.4 is 5.32 Å². The van der Waals surface area contributed by atoms with Gasteiger partial charge < -0.3 is 10.1 Å². The van der Waals surface area contributed by atoms with E-state index in [-0.39, 0.29) is 6.10 Å². The van der Waals surface area contributed by atoms with E-state index in [9.17, 15) is 0 Å². The fourth-order valence-electron chi connectivity index (χ4n) is 2.16. The molecule has 4 heteroatoms. The molecule has 0 spiro atoms. The first kappa shape index (κ1) is 12.5. The first-order chi connectivity index (χ1) is 8.36. The van der Waals surface area contributed by atoms with Crippen LogP contribution in [0.2, 0.25) is 0 Å². The maximum absolute atomic E-state index is 5.79. The van der Waals surface area contributed by atoms with Crippen LogP contribution in [0.3, 0.4) is 0 Å². The van der Waals surface area contributed by atoms with Crippen LogP contribution in [-0.2, 0) is 4.74 Å². The molecule has 2 heterocycles. The molecule has 4 nitrogen and oxygen atoms in total. The molecule has 2 atom stereocenters. The van der Waals surface area contributed by atoms with Crippen LogP contribution in [0.25, 0.3) is 0 Å². The molecule has 1 aromatic rings. The van der Waals surface area contributed by atoms with Crippen LogP contribution in [0, 0.1) is 0 Å². The van der Waals surface area contributed by atoms with Crippen LogP contribution in [0.5, 0.6) is 0 Å². The highest BCUT2D eigenvalue weighted by Gasteiger charge is 2.13. The van der Waals surface area contributed by atoms with Crippen molar-refractivity contribution in [3.8, 4) is 0 Å². The molecule has 0 amide bonds. The number of nitrogens with zero attached hydrogens (tertiary/aromatic N) is 2. The predicted octanol–water partition coefficient (Wildman–Crippen LogP) is 2.09. The summed E-state index contributed by atoms with van der Waals surface area (Å²) in [5, 5.41) is 3.52. The minimum atomic E-state index is 0.0345. The van der Waals surface area contributed by atoms with Crippen molar-refractivity contribution in [2.24, 2.45) is 0 Å². The maximum Gasteiger partial charge on any atom is 0.0982 e. The average Bonchev–Trinajstić information content (AvgIpc) is 2.41. The predicted molar refractivity (Wildman–Crippen MR) is 66.7 cm³/mol. The Bertz CT molecular complexity index is 312. The second-order valence-corrected chi connectivity index (χ2v) is 4.58. The van der Waals surface area contributed by atoms with Crippen LogP contribution in [0.15, 0.2) is 18.6 Å². The number of piperidine rings is 1. The summed E-state index contributed by atoms with van der Waals surface area (Å²) in [7, 11) is 0. The van der Waals surface area contributed by atoms with E-state index in [1.807, 2.05) is 6.92 Å². The summed E-state index contributed by atoms with van der Waals surface area (Å²) in [5.41, 5.74) is 0.907. The van der Waals surface area contributed by atoms with Crippen LogP contribution in [0.1, 0.15) is 44.4 Å². The highest BCUT2D eigenvalue weighted by atomic mass is 16.5. The van der Waals surface area contributed by atoms with E-state index in [1.54, 1.807) is 18.6 Å². The largest absolute Gasteiger partial charge is 0.372 e. The number of nitrogens with one attached hydrogen (secondary N) is 1. The zero-order valence-corrected chi connectivity index (χ0v) is 10.4. The van der Waals surface area contributed by atoms with Crippen molar-refractivity contribution in [1.29, 1.82) is 0 Å². The lowest BCUT2D eigenvalue weighted by atomic mass is 10.0. The first-order valence-electron chi connectivity index (χ1n) is 6.47. The minimum absolute atomic E-state index is 0.0345. The minimum Gasteiger partial charge on any atom is -0.372 e. The van der Waals surface area contributed by atoms with Crippen molar-refractivity contribution in [3.05, 3.63) is 24.3 Å². The van der Waals surface area contributed by atoms with E-state index >= 15 is 0 Å². The van der Waals surface area contributed by atoms with Crippen molar-refractivity contribution < 1.29 is 4.74 Å². The number of hydrogen-bond acceptors (Lipinski definition) is 4. The molecule has 1 aromatic heterocycles. The number of aromatic nitrogens is 2. The summed E-state index contributed by atoms with van der Waals surface area (Å²) in [4.78, 5) is 8.29. The third kappa shape index (κ3) is 4.06. The molecule has 2 rings (SSSR count). The second-order valence-electron chi connectivity index (χ2n) is 4.58. The van der Waals surface area contributed by atoms with Gasteiger partial charge in [-0.1, -0.05) is 6.42 Å². The number of rotatable bonds is 5. The standard InChI is InChI=1S/C13H21N3O/c1-11(13-10-14-7-8-16-13)17-9-5-12-4-2-3-6-15-12/h7-8,10-12,15H,2-6,9H2,1H3. The Morgan fingerprint density at radius 1 is 1.47 bits per heavy atom. The van der Waals surface area contributed by atoms with Crippen molar-refractivity contribution in [2.75, 3.05) is 13.2 Å². The smallest absolute Gasteiger partial charge is 0.0982 e. The molecule has 1 fully saturated rings. The maximum atomic E-state index is 5.79. The van der Waals surface area contributed by atoms with Gasteiger partial charge >= 0.3 is 0 Å². The van der Waals surface area contributed by atoms with E-state index in [0.717, 1.165) is 25.3 Å². The summed E-state index contributed by atoms with van der Waals surface area (Å²) in [5.74, 6) is 0. The molecular weight excluding hydrogens is 214 g/mol. The van der Waals surface area contributed by atoms with Gasteiger partial charge in [0.1, 0.15) is 0 Å². The quantitative estimate of drug-likeness (QED) is 0.849. The van der Waals surface area contributed by atoms with Gasteiger partial charge in [-0.3, -0.25) is 9.97 Å². The molecule has 1 aliphatic heterocycles. The third-order valence-corrected chi connectivity index (χ3v) is 3.25. The van der Waals surface area contributed by atoms with Gasteiger partial charge in [-0.25, -0.2) is 0 Å². The summed E-state index contributed by atoms with van der Waals surface area (Å²) in [6, 6.07) is 0.637. The second kappa shape index (κ2) is 6.67. The van der Waals surface area contributed by atoms with Crippen LogP contribution in [0.4, 0.5) is 0 Å². The summed E-state index contributed by atoms with van der Waals surface area (Å²) in [6.07, 6.45) is 10.2. The number of ether oxygens (including phenoxy) is 1. The lowest BCUT2D eigenvalue weighted by Crippen LogP contribution is -2.34. The monoisotopic (exact) mass is 235 g/mol. The molecule has 0 saturated carbocycles. The van der Waals surface area contributed by atoms with Crippen LogP contribution in [-0.4, -0.2) is 29.2 Å². The van der Waals surface area contributed by atoms with Crippen molar-refractivity contribution in [1.82, 2.24) is 15.3 Å². The van der Waals surface area contributed by atoms with Gasteiger partial charge in [-0.15, -0.1) is 0 Å².